The molecule has 1 aromatic heterocycles. The minimum atomic E-state index is 0.380. The first-order chi connectivity index (χ1) is 9.24. The van der Waals surface area contributed by atoms with Crippen LogP contribution in [0, 0.1) is 3.57 Å². The number of ether oxygens (including phenoxy) is 1. The highest BCUT2D eigenvalue weighted by molar-refractivity contribution is 14.1. The van der Waals surface area contributed by atoms with Crippen LogP contribution in [-0.2, 0) is 0 Å². The second kappa shape index (κ2) is 5.30. The molecule has 0 saturated heterocycles. The van der Waals surface area contributed by atoms with E-state index in [0.29, 0.717) is 11.0 Å². The fourth-order valence-corrected chi connectivity index (χ4v) is 2.30. The van der Waals surface area contributed by atoms with Crippen molar-refractivity contribution in [1.82, 2.24) is 10.2 Å². The lowest BCUT2D eigenvalue weighted by Crippen LogP contribution is -1.93. The number of nitrogens with zero attached hydrogens (tertiary/aromatic N) is 2. The van der Waals surface area contributed by atoms with Crippen LogP contribution in [0.4, 0.5) is 0 Å². The van der Waals surface area contributed by atoms with Gasteiger partial charge in [-0.25, -0.2) is 0 Å². The first-order valence-electron chi connectivity index (χ1n) is 5.58. The van der Waals surface area contributed by atoms with E-state index in [1.165, 1.54) is 0 Å². The summed E-state index contributed by atoms with van der Waals surface area (Å²) in [5.74, 6) is 1.18. The predicted octanol–water partition coefficient (Wildman–Crippen LogP) is 4.68. The monoisotopic (exact) mass is 382 g/mol. The van der Waals surface area contributed by atoms with Crippen LogP contribution in [0.25, 0.3) is 10.8 Å². The molecule has 0 radical (unpaired) electrons. The Morgan fingerprint density at radius 3 is 2.32 bits per heavy atom. The van der Waals surface area contributed by atoms with Crippen molar-refractivity contribution in [2.24, 2.45) is 0 Å². The minimum Gasteiger partial charge on any atom is -0.437 e. The van der Waals surface area contributed by atoms with Gasteiger partial charge in [-0.2, -0.15) is 0 Å². The molecule has 0 saturated carbocycles. The van der Waals surface area contributed by atoms with E-state index in [-0.39, 0.29) is 0 Å². The quantitative estimate of drug-likeness (QED) is 0.604. The largest absolute Gasteiger partial charge is 0.437 e. The van der Waals surface area contributed by atoms with Gasteiger partial charge < -0.3 is 4.74 Å². The first kappa shape index (κ1) is 12.6. The highest BCUT2D eigenvalue weighted by Crippen LogP contribution is 2.30. The summed E-state index contributed by atoms with van der Waals surface area (Å²) in [5, 5.41) is 9.99. The SMILES string of the molecule is Clc1nnc(Oc2ccc(I)cc2)c2ccccc12. The Bertz CT molecular complexity index is 731. The number of halogens is 2. The van der Waals surface area contributed by atoms with Gasteiger partial charge in [0.2, 0.25) is 5.88 Å². The van der Waals surface area contributed by atoms with Crippen LogP contribution >= 0.6 is 34.2 Å². The van der Waals surface area contributed by atoms with Gasteiger partial charge in [0.25, 0.3) is 0 Å². The van der Waals surface area contributed by atoms with Crippen LogP contribution in [-0.4, -0.2) is 10.2 Å². The Morgan fingerprint density at radius 2 is 1.58 bits per heavy atom. The molecule has 3 aromatic rings. The maximum Gasteiger partial charge on any atom is 0.246 e. The molecular formula is C14H8ClIN2O. The van der Waals surface area contributed by atoms with E-state index >= 15 is 0 Å². The number of hydrogen-bond donors (Lipinski definition) is 0. The maximum atomic E-state index is 6.02. The van der Waals surface area contributed by atoms with Gasteiger partial charge >= 0.3 is 0 Å². The summed E-state index contributed by atoms with van der Waals surface area (Å²) in [4.78, 5) is 0. The molecule has 94 valence electrons. The standard InChI is InChI=1S/C14H8ClIN2O/c15-13-11-3-1-2-4-12(11)14(18-17-13)19-10-7-5-9(16)6-8-10/h1-8H. The Labute approximate surface area is 128 Å². The molecule has 19 heavy (non-hydrogen) atoms. The lowest BCUT2D eigenvalue weighted by atomic mass is 10.2. The Hall–Kier alpha value is -1.40. The fraction of sp³-hybridized carbons (Fsp3) is 0. The van der Waals surface area contributed by atoms with Crippen molar-refractivity contribution in [2.45, 2.75) is 0 Å². The van der Waals surface area contributed by atoms with Gasteiger partial charge in [-0.05, 0) is 52.9 Å². The van der Waals surface area contributed by atoms with E-state index in [1.54, 1.807) is 0 Å². The highest BCUT2D eigenvalue weighted by atomic mass is 127. The molecule has 2 aromatic carbocycles. The maximum absolute atomic E-state index is 6.02. The predicted molar refractivity (Wildman–Crippen MR) is 83.8 cm³/mol. The van der Waals surface area contributed by atoms with Crippen molar-refractivity contribution in [1.29, 1.82) is 0 Å². The van der Waals surface area contributed by atoms with Crippen molar-refractivity contribution >= 4 is 45.0 Å². The highest BCUT2D eigenvalue weighted by Gasteiger charge is 2.09. The molecule has 1 heterocycles. The molecule has 0 fully saturated rings. The molecule has 0 aliphatic heterocycles. The van der Waals surface area contributed by atoms with E-state index < -0.39 is 0 Å². The van der Waals surface area contributed by atoms with E-state index in [2.05, 4.69) is 32.8 Å². The van der Waals surface area contributed by atoms with Gasteiger partial charge in [0, 0.05) is 14.3 Å². The van der Waals surface area contributed by atoms with Gasteiger partial charge in [0.05, 0.1) is 0 Å². The summed E-state index contributed by atoms with van der Waals surface area (Å²) < 4.78 is 6.92. The van der Waals surface area contributed by atoms with Gasteiger partial charge in [0.1, 0.15) is 5.75 Å². The molecule has 0 amide bonds. The summed E-state index contributed by atoms with van der Waals surface area (Å²) in [6, 6.07) is 15.4. The molecule has 0 spiro atoms. The third kappa shape index (κ3) is 2.64. The van der Waals surface area contributed by atoms with Crippen molar-refractivity contribution in [3.8, 4) is 11.6 Å². The number of aromatic nitrogens is 2. The summed E-state index contributed by atoms with van der Waals surface area (Å²) in [7, 11) is 0. The molecule has 3 rings (SSSR count). The Kier molecular flexibility index (Phi) is 3.52. The van der Waals surface area contributed by atoms with Crippen LogP contribution in [0.15, 0.2) is 48.5 Å². The summed E-state index contributed by atoms with van der Waals surface area (Å²) in [6.07, 6.45) is 0. The summed E-state index contributed by atoms with van der Waals surface area (Å²) in [6.45, 7) is 0. The van der Waals surface area contributed by atoms with E-state index in [4.69, 9.17) is 16.3 Å². The number of rotatable bonds is 2. The number of fused-ring (bicyclic) bond motifs is 1. The average Bonchev–Trinajstić information content (AvgIpc) is 2.45. The van der Waals surface area contributed by atoms with Crippen LogP contribution in [0.1, 0.15) is 0 Å². The molecule has 0 aliphatic carbocycles. The van der Waals surface area contributed by atoms with Crippen LogP contribution in [0.3, 0.4) is 0 Å². The van der Waals surface area contributed by atoms with E-state index in [0.717, 1.165) is 20.1 Å². The number of hydrogen-bond acceptors (Lipinski definition) is 3. The van der Waals surface area contributed by atoms with Crippen molar-refractivity contribution < 1.29 is 4.74 Å². The Balaban J connectivity index is 2.06. The third-order valence-electron chi connectivity index (χ3n) is 2.64. The Morgan fingerprint density at radius 1 is 0.895 bits per heavy atom. The molecular weight excluding hydrogens is 375 g/mol. The third-order valence-corrected chi connectivity index (χ3v) is 3.63. The van der Waals surface area contributed by atoms with Gasteiger partial charge in [0.15, 0.2) is 5.15 Å². The normalized spacial score (nSPS) is 10.6. The topological polar surface area (TPSA) is 35.0 Å². The summed E-state index contributed by atoms with van der Waals surface area (Å²) >= 11 is 8.27. The lowest BCUT2D eigenvalue weighted by Gasteiger charge is -2.07. The molecule has 0 aliphatic rings. The van der Waals surface area contributed by atoms with Crippen LogP contribution < -0.4 is 4.74 Å². The lowest BCUT2D eigenvalue weighted by molar-refractivity contribution is 0.462. The van der Waals surface area contributed by atoms with Crippen LogP contribution in [0.2, 0.25) is 5.15 Å². The molecule has 0 bridgehead atoms. The number of benzene rings is 2. The molecule has 0 atom stereocenters. The van der Waals surface area contributed by atoms with Crippen molar-refractivity contribution in [3.05, 3.63) is 57.3 Å². The first-order valence-corrected chi connectivity index (χ1v) is 7.04. The molecule has 3 nitrogen and oxygen atoms in total. The minimum absolute atomic E-state index is 0.380. The molecule has 0 unspecified atom stereocenters. The average molecular weight is 383 g/mol. The zero-order valence-corrected chi connectivity index (χ0v) is 12.6. The summed E-state index contributed by atoms with van der Waals surface area (Å²) in [5.41, 5.74) is 0. The van der Waals surface area contributed by atoms with E-state index in [9.17, 15) is 0 Å². The van der Waals surface area contributed by atoms with Crippen molar-refractivity contribution in [2.75, 3.05) is 0 Å². The second-order valence-electron chi connectivity index (χ2n) is 3.90. The van der Waals surface area contributed by atoms with Gasteiger partial charge in [-0.1, -0.05) is 29.8 Å². The van der Waals surface area contributed by atoms with E-state index in [1.807, 2.05) is 48.5 Å². The zero-order valence-electron chi connectivity index (χ0n) is 9.68. The fourth-order valence-electron chi connectivity index (χ4n) is 1.74. The molecule has 5 heteroatoms. The van der Waals surface area contributed by atoms with Gasteiger partial charge in [-0.3, -0.25) is 0 Å². The smallest absolute Gasteiger partial charge is 0.246 e. The van der Waals surface area contributed by atoms with Crippen molar-refractivity contribution in [3.63, 3.8) is 0 Å². The van der Waals surface area contributed by atoms with Gasteiger partial charge in [-0.15, -0.1) is 10.2 Å². The van der Waals surface area contributed by atoms with Crippen LogP contribution in [0.5, 0.6) is 11.6 Å². The molecule has 0 N–H and O–H groups in total. The second-order valence-corrected chi connectivity index (χ2v) is 5.50. The zero-order chi connectivity index (χ0) is 13.2.